The van der Waals surface area contributed by atoms with Crippen LogP contribution in [-0.2, 0) is 4.79 Å². The summed E-state index contributed by atoms with van der Waals surface area (Å²) < 4.78 is 18.8. The van der Waals surface area contributed by atoms with E-state index in [1.165, 1.54) is 24.3 Å². The van der Waals surface area contributed by atoms with Crippen molar-refractivity contribution in [1.29, 1.82) is 0 Å². The van der Waals surface area contributed by atoms with Crippen LogP contribution in [0.3, 0.4) is 0 Å². The highest BCUT2D eigenvalue weighted by Crippen LogP contribution is 2.34. The Bertz CT molecular complexity index is 839. The number of carbonyl (C=O) groups is 2. The predicted molar refractivity (Wildman–Crippen MR) is 97.2 cm³/mol. The minimum Gasteiger partial charge on any atom is -0.482 e. The summed E-state index contributed by atoms with van der Waals surface area (Å²) in [4.78, 5) is 28.1. The molecule has 2 aromatic carbocycles. The van der Waals surface area contributed by atoms with Gasteiger partial charge in [0, 0.05) is 24.3 Å². The van der Waals surface area contributed by atoms with Crippen LogP contribution in [0.4, 0.5) is 15.8 Å². The average Bonchev–Trinajstić information content (AvgIpc) is 2.60. The van der Waals surface area contributed by atoms with Gasteiger partial charge in [0.2, 0.25) is 0 Å². The van der Waals surface area contributed by atoms with Gasteiger partial charge in [-0.3, -0.25) is 9.59 Å². The van der Waals surface area contributed by atoms with Crippen LogP contribution in [0.1, 0.15) is 10.4 Å². The molecule has 0 saturated heterocycles. The summed E-state index contributed by atoms with van der Waals surface area (Å²) in [5, 5.41) is 2.73. The lowest BCUT2D eigenvalue weighted by Crippen LogP contribution is -2.42. The number of nitrogens with zero attached hydrogens (tertiary/aromatic N) is 2. The first-order chi connectivity index (χ1) is 12.4. The fourth-order valence-electron chi connectivity index (χ4n) is 2.66. The minimum absolute atomic E-state index is 0.00454. The SMILES string of the molecule is CN(C)CCN1C(=O)COc2ccc(NC(=O)c3cccc(F)c3)cc21. The lowest BCUT2D eigenvalue weighted by molar-refractivity contribution is -0.121. The van der Waals surface area contributed by atoms with Crippen molar-refractivity contribution in [2.24, 2.45) is 0 Å². The smallest absolute Gasteiger partial charge is 0.265 e. The molecule has 2 aromatic rings. The van der Waals surface area contributed by atoms with Crippen molar-refractivity contribution in [2.75, 3.05) is 44.0 Å². The van der Waals surface area contributed by atoms with E-state index in [1.807, 2.05) is 19.0 Å². The van der Waals surface area contributed by atoms with Gasteiger partial charge in [-0.2, -0.15) is 0 Å². The lowest BCUT2D eigenvalue weighted by Gasteiger charge is -2.30. The van der Waals surface area contributed by atoms with Crippen LogP contribution in [0.5, 0.6) is 5.75 Å². The van der Waals surface area contributed by atoms with Gasteiger partial charge in [0.05, 0.1) is 5.69 Å². The van der Waals surface area contributed by atoms with E-state index in [0.29, 0.717) is 30.2 Å². The molecule has 26 heavy (non-hydrogen) atoms. The number of likely N-dealkylation sites (N-methyl/N-ethyl adjacent to an activating group) is 1. The largest absolute Gasteiger partial charge is 0.482 e. The fourth-order valence-corrected chi connectivity index (χ4v) is 2.66. The number of anilines is 2. The average molecular weight is 357 g/mol. The van der Waals surface area contributed by atoms with E-state index >= 15 is 0 Å². The third-order valence-electron chi connectivity index (χ3n) is 4.02. The molecule has 6 nitrogen and oxygen atoms in total. The summed E-state index contributed by atoms with van der Waals surface area (Å²) in [7, 11) is 3.86. The molecular formula is C19H20FN3O3. The molecule has 0 aromatic heterocycles. The second-order valence-corrected chi connectivity index (χ2v) is 6.28. The van der Waals surface area contributed by atoms with E-state index in [4.69, 9.17) is 4.74 Å². The van der Waals surface area contributed by atoms with Crippen molar-refractivity contribution >= 4 is 23.2 Å². The molecule has 2 amide bonds. The Morgan fingerprint density at radius 1 is 1.27 bits per heavy atom. The molecule has 1 heterocycles. The zero-order valence-electron chi connectivity index (χ0n) is 14.7. The second kappa shape index (κ2) is 7.53. The molecule has 136 valence electrons. The zero-order chi connectivity index (χ0) is 18.7. The van der Waals surface area contributed by atoms with E-state index in [1.54, 1.807) is 23.1 Å². The Morgan fingerprint density at radius 2 is 2.08 bits per heavy atom. The Balaban J connectivity index is 1.82. The summed E-state index contributed by atoms with van der Waals surface area (Å²) in [5.74, 6) is -0.440. The molecule has 1 aliphatic rings. The lowest BCUT2D eigenvalue weighted by atomic mass is 10.1. The quantitative estimate of drug-likeness (QED) is 0.892. The number of benzene rings is 2. The first-order valence-corrected chi connectivity index (χ1v) is 8.23. The first-order valence-electron chi connectivity index (χ1n) is 8.23. The summed E-state index contributed by atoms with van der Waals surface area (Å²) >= 11 is 0. The topological polar surface area (TPSA) is 61.9 Å². The molecule has 7 heteroatoms. The van der Waals surface area contributed by atoms with Crippen LogP contribution in [0, 0.1) is 5.82 Å². The Morgan fingerprint density at radius 3 is 2.81 bits per heavy atom. The van der Waals surface area contributed by atoms with Crippen molar-refractivity contribution in [3.63, 3.8) is 0 Å². The number of fused-ring (bicyclic) bond motifs is 1. The Kier molecular flexibility index (Phi) is 5.18. The number of amides is 2. The third kappa shape index (κ3) is 4.00. The number of rotatable bonds is 5. The number of nitrogens with one attached hydrogen (secondary N) is 1. The van der Waals surface area contributed by atoms with Crippen LogP contribution >= 0.6 is 0 Å². The Labute approximate surface area is 151 Å². The molecule has 0 unspecified atom stereocenters. The van der Waals surface area contributed by atoms with Crippen LogP contribution in [0.25, 0.3) is 0 Å². The summed E-state index contributed by atoms with van der Waals surface area (Å²) in [6, 6.07) is 10.6. The van der Waals surface area contributed by atoms with Gasteiger partial charge in [-0.05, 0) is 50.5 Å². The molecule has 0 saturated carbocycles. The standard InChI is InChI=1S/C19H20FN3O3/c1-22(2)8-9-23-16-11-15(6-7-17(16)26-12-18(23)24)21-19(25)13-4-3-5-14(20)10-13/h3-7,10-11H,8-9,12H2,1-2H3,(H,21,25). The molecule has 0 fully saturated rings. The zero-order valence-corrected chi connectivity index (χ0v) is 14.7. The maximum atomic E-state index is 13.3. The second-order valence-electron chi connectivity index (χ2n) is 6.28. The number of halogens is 1. The monoisotopic (exact) mass is 357 g/mol. The van der Waals surface area contributed by atoms with Crippen LogP contribution in [0.2, 0.25) is 0 Å². The van der Waals surface area contributed by atoms with E-state index in [2.05, 4.69) is 5.32 Å². The Hall–Kier alpha value is -2.93. The van der Waals surface area contributed by atoms with E-state index in [9.17, 15) is 14.0 Å². The predicted octanol–water partition coefficient (Wildman–Crippen LogP) is 2.36. The summed E-state index contributed by atoms with van der Waals surface area (Å²) in [6.45, 7) is 1.21. The van der Waals surface area contributed by atoms with Gasteiger partial charge >= 0.3 is 0 Å². The van der Waals surface area contributed by atoms with Crippen LogP contribution in [-0.4, -0.2) is 50.5 Å². The van der Waals surface area contributed by atoms with Crippen molar-refractivity contribution < 1.29 is 18.7 Å². The van der Waals surface area contributed by atoms with Gasteiger partial charge in [-0.15, -0.1) is 0 Å². The molecule has 3 rings (SSSR count). The van der Waals surface area contributed by atoms with Crippen molar-refractivity contribution in [3.8, 4) is 5.75 Å². The van der Waals surface area contributed by atoms with E-state index < -0.39 is 11.7 Å². The maximum absolute atomic E-state index is 13.3. The van der Waals surface area contributed by atoms with Gasteiger partial charge in [0.1, 0.15) is 11.6 Å². The first kappa shape index (κ1) is 17.9. The van der Waals surface area contributed by atoms with Crippen LogP contribution in [0.15, 0.2) is 42.5 Å². The molecule has 0 radical (unpaired) electrons. The molecule has 0 spiro atoms. The van der Waals surface area contributed by atoms with E-state index in [0.717, 1.165) is 0 Å². The molecular weight excluding hydrogens is 337 g/mol. The highest BCUT2D eigenvalue weighted by molar-refractivity contribution is 6.05. The maximum Gasteiger partial charge on any atom is 0.265 e. The van der Waals surface area contributed by atoms with Crippen molar-refractivity contribution in [2.45, 2.75) is 0 Å². The molecule has 1 N–H and O–H groups in total. The van der Waals surface area contributed by atoms with Crippen molar-refractivity contribution in [3.05, 3.63) is 53.8 Å². The van der Waals surface area contributed by atoms with Gasteiger partial charge in [-0.1, -0.05) is 6.07 Å². The summed E-state index contributed by atoms with van der Waals surface area (Å²) in [6.07, 6.45) is 0. The van der Waals surface area contributed by atoms with Crippen LogP contribution < -0.4 is 15.0 Å². The molecule has 1 aliphatic heterocycles. The van der Waals surface area contributed by atoms with Gasteiger partial charge in [0.15, 0.2) is 6.61 Å². The molecule has 0 atom stereocenters. The van der Waals surface area contributed by atoms with E-state index in [-0.39, 0.29) is 18.1 Å². The number of hydrogen-bond acceptors (Lipinski definition) is 4. The third-order valence-corrected chi connectivity index (χ3v) is 4.02. The van der Waals surface area contributed by atoms with Gasteiger partial charge in [0.25, 0.3) is 11.8 Å². The van der Waals surface area contributed by atoms with Crippen molar-refractivity contribution in [1.82, 2.24) is 4.90 Å². The summed E-state index contributed by atoms with van der Waals surface area (Å²) in [5.41, 5.74) is 1.34. The fraction of sp³-hybridized carbons (Fsp3) is 0.263. The molecule has 0 aliphatic carbocycles. The number of hydrogen-bond donors (Lipinski definition) is 1. The van der Waals surface area contributed by atoms with Gasteiger partial charge in [-0.25, -0.2) is 4.39 Å². The highest BCUT2D eigenvalue weighted by Gasteiger charge is 2.26. The minimum atomic E-state index is -0.475. The number of ether oxygens (including phenoxy) is 1. The molecule has 0 bridgehead atoms. The van der Waals surface area contributed by atoms with Gasteiger partial charge < -0.3 is 19.9 Å². The number of carbonyl (C=O) groups excluding carboxylic acids is 2. The highest BCUT2D eigenvalue weighted by atomic mass is 19.1. The normalized spacial score (nSPS) is 13.4.